The van der Waals surface area contributed by atoms with E-state index in [0.717, 1.165) is 17.1 Å². The molecule has 1 fully saturated rings. The van der Waals surface area contributed by atoms with Crippen LogP contribution < -0.4 is 10.0 Å². The van der Waals surface area contributed by atoms with E-state index >= 15 is 0 Å². The molecule has 23 heavy (non-hydrogen) atoms. The number of sulfonamides is 1. The predicted molar refractivity (Wildman–Crippen MR) is 93.3 cm³/mol. The first-order valence-electron chi connectivity index (χ1n) is 7.76. The van der Waals surface area contributed by atoms with Gasteiger partial charge in [0.2, 0.25) is 15.4 Å². The first kappa shape index (κ1) is 18.6. The maximum absolute atomic E-state index is 12.1. The molecule has 0 bridgehead atoms. The van der Waals surface area contributed by atoms with Gasteiger partial charge in [-0.25, -0.2) is 13.1 Å². The van der Waals surface area contributed by atoms with Gasteiger partial charge in [-0.15, -0.1) is 10.2 Å². The number of nitrogens with zero attached hydrogens (tertiary/aromatic N) is 2. The van der Waals surface area contributed by atoms with E-state index < -0.39 is 10.0 Å². The summed E-state index contributed by atoms with van der Waals surface area (Å²) < 4.78 is 26.7. The van der Waals surface area contributed by atoms with Gasteiger partial charge >= 0.3 is 0 Å². The van der Waals surface area contributed by atoms with Crippen LogP contribution in [0.3, 0.4) is 0 Å². The molecule has 0 atom stereocenters. The zero-order chi connectivity index (χ0) is 16.7. The second-order valence-electron chi connectivity index (χ2n) is 5.30. The molecule has 10 heteroatoms. The van der Waals surface area contributed by atoms with Crippen LogP contribution in [0.5, 0.6) is 0 Å². The molecule has 130 valence electrons. The molecule has 1 aromatic heterocycles. The van der Waals surface area contributed by atoms with Crippen LogP contribution in [0.2, 0.25) is 0 Å². The SMILES string of the molecule is CCC(=O)Nc1nnc(S(=O)(=O)NCCSC2CCCCC2)s1. The van der Waals surface area contributed by atoms with E-state index in [1.807, 2.05) is 11.8 Å². The minimum Gasteiger partial charge on any atom is -0.301 e. The van der Waals surface area contributed by atoms with Gasteiger partial charge in [0.05, 0.1) is 0 Å². The third kappa shape index (κ3) is 6.02. The average Bonchev–Trinajstić information content (AvgIpc) is 3.02. The maximum atomic E-state index is 12.1. The number of thioether (sulfide) groups is 1. The molecule has 1 heterocycles. The summed E-state index contributed by atoms with van der Waals surface area (Å²) in [6.07, 6.45) is 6.64. The van der Waals surface area contributed by atoms with Gasteiger partial charge in [-0.05, 0) is 12.8 Å². The van der Waals surface area contributed by atoms with Crippen LogP contribution in [0.15, 0.2) is 4.34 Å². The highest BCUT2D eigenvalue weighted by Crippen LogP contribution is 2.28. The summed E-state index contributed by atoms with van der Waals surface area (Å²) in [7, 11) is -3.65. The average molecular weight is 379 g/mol. The Hall–Kier alpha value is -0.710. The summed E-state index contributed by atoms with van der Waals surface area (Å²) in [4.78, 5) is 11.3. The van der Waals surface area contributed by atoms with Gasteiger partial charge in [-0.2, -0.15) is 11.8 Å². The van der Waals surface area contributed by atoms with Crippen LogP contribution in [0, 0.1) is 0 Å². The monoisotopic (exact) mass is 378 g/mol. The number of rotatable bonds is 8. The summed E-state index contributed by atoms with van der Waals surface area (Å²) in [5, 5.41) is 10.7. The fraction of sp³-hybridized carbons (Fsp3) is 0.769. The van der Waals surface area contributed by atoms with E-state index in [1.54, 1.807) is 6.92 Å². The smallest absolute Gasteiger partial charge is 0.269 e. The molecule has 2 N–H and O–H groups in total. The molecule has 0 aromatic carbocycles. The molecule has 0 radical (unpaired) electrons. The van der Waals surface area contributed by atoms with Gasteiger partial charge in [0.25, 0.3) is 10.0 Å². The molecule has 0 spiro atoms. The van der Waals surface area contributed by atoms with Crippen LogP contribution >= 0.6 is 23.1 Å². The van der Waals surface area contributed by atoms with E-state index in [0.29, 0.717) is 18.2 Å². The van der Waals surface area contributed by atoms with Crippen molar-refractivity contribution in [2.24, 2.45) is 0 Å². The Bertz CT molecular complexity index is 612. The fourth-order valence-electron chi connectivity index (χ4n) is 2.27. The second kappa shape index (κ2) is 8.95. The van der Waals surface area contributed by atoms with E-state index in [1.165, 1.54) is 32.1 Å². The second-order valence-corrected chi connectivity index (χ2v) is 9.63. The molecule has 2 rings (SSSR count). The zero-order valence-electron chi connectivity index (χ0n) is 13.1. The lowest BCUT2D eigenvalue weighted by atomic mass is 10.0. The van der Waals surface area contributed by atoms with Gasteiger partial charge in [0, 0.05) is 24.0 Å². The Kier molecular flexibility index (Phi) is 7.25. The third-order valence-electron chi connectivity index (χ3n) is 3.50. The van der Waals surface area contributed by atoms with Gasteiger partial charge < -0.3 is 5.32 Å². The van der Waals surface area contributed by atoms with Crippen LogP contribution in [0.1, 0.15) is 45.4 Å². The Labute approximate surface area is 145 Å². The lowest BCUT2D eigenvalue weighted by Gasteiger charge is -2.20. The number of nitrogens with one attached hydrogen (secondary N) is 2. The molecule has 0 unspecified atom stereocenters. The number of amides is 1. The third-order valence-corrected chi connectivity index (χ3v) is 7.55. The van der Waals surface area contributed by atoms with Crippen molar-refractivity contribution in [2.45, 2.75) is 55.0 Å². The summed E-state index contributed by atoms with van der Waals surface area (Å²) in [6.45, 7) is 2.08. The summed E-state index contributed by atoms with van der Waals surface area (Å²) in [5.74, 6) is 0.532. The number of aromatic nitrogens is 2. The van der Waals surface area contributed by atoms with Crippen molar-refractivity contribution in [2.75, 3.05) is 17.6 Å². The molecule has 7 nitrogen and oxygen atoms in total. The minimum atomic E-state index is -3.65. The Morgan fingerprint density at radius 2 is 2.04 bits per heavy atom. The Morgan fingerprint density at radius 1 is 1.30 bits per heavy atom. The van der Waals surface area contributed by atoms with E-state index in [-0.39, 0.29) is 15.4 Å². The molecule has 1 aliphatic carbocycles. The topological polar surface area (TPSA) is 101 Å². The summed E-state index contributed by atoms with van der Waals surface area (Å²) >= 11 is 2.69. The fourth-order valence-corrected chi connectivity index (χ4v) is 5.61. The molecule has 1 amide bonds. The minimum absolute atomic E-state index is 0.119. The van der Waals surface area contributed by atoms with E-state index in [2.05, 4.69) is 20.2 Å². The van der Waals surface area contributed by atoms with Crippen molar-refractivity contribution in [1.82, 2.24) is 14.9 Å². The predicted octanol–water partition coefficient (Wildman–Crippen LogP) is 2.23. The normalized spacial score (nSPS) is 16.4. The van der Waals surface area contributed by atoms with Crippen molar-refractivity contribution in [3.63, 3.8) is 0 Å². The summed E-state index contributed by atoms with van der Waals surface area (Å²) in [5.41, 5.74) is 0. The van der Waals surface area contributed by atoms with Crippen molar-refractivity contribution < 1.29 is 13.2 Å². The first-order chi connectivity index (χ1) is 11.0. The molecular formula is C13H22N4O3S3. The molecule has 0 saturated heterocycles. The lowest BCUT2D eigenvalue weighted by Crippen LogP contribution is -2.26. The van der Waals surface area contributed by atoms with Gasteiger partial charge in [-0.3, -0.25) is 4.79 Å². The van der Waals surface area contributed by atoms with Crippen LogP contribution in [0.25, 0.3) is 0 Å². The highest BCUT2D eigenvalue weighted by molar-refractivity contribution is 8.00. The number of carbonyl (C=O) groups is 1. The van der Waals surface area contributed by atoms with Gasteiger partial charge in [0.15, 0.2) is 0 Å². The largest absolute Gasteiger partial charge is 0.301 e. The first-order valence-corrected chi connectivity index (χ1v) is 11.1. The number of anilines is 1. The molecular weight excluding hydrogens is 356 g/mol. The number of carbonyl (C=O) groups excluding carboxylic acids is 1. The zero-order valence-corrected chi connectivity index (χ0v) is 15.5. The van der Waals surface area contributed by atoms with Crippen molar-refractivity contribution in [3.05, 3.63) is 0 Å². The summed E-state index contributed by atoms with van der Waals surface area (Å²) in [6, 6.07) is 0. The highest BCUT2D eigenvalue weighted by atomic mass is 32.2. The van der Waals surface area contributed by atoms with Crippen molar-refractivity contribution in [1.29, 1.82) is 0 Å². The quantitative estimate of drug-likeness (QED) is 0.531. The van der Waals surface area contributed by atoms with Crippen LogP contribution in [-0.4, -0.2) is 42.1 Å². The molecule has 1 saturated carbocycles. The molecule has 1 aromatic rings. The molecule has 1 aliphatic rings. The standard InChI is InChI=1S/C13H22N4O3S3/c1-2-11(18)15-12-16-17-13(22-12)23(19,20)14-8-9-21-10-6-4-3-5-7-10/h10,14H,2-9H2,1H3,(H,15,16,18). The van der Waals surface area contributed by atoms with Crippen molar-refractivity contribution in [3.8, 4) is 0 Å². The Morgan fingerprint density at radius 3 is 2.74 bits per heavy atom. The van der Waals surface area contributed by atoms with Crippen LogP contribution in [0.4, 0.5) is 5.13 Å². The van der Waals surface area contributed by atoms with Gasteiger partial charge in [0.1, 0.15) is 0 Å². The van der Waals surface area contributed by atoms with Crippen LogP contribution in [-0.2, 0) is 14.8 Å². The maximum Gasteiger partial charge on any atom is 0.269 e. The molecule has 0 aliphatic heterocycles. The number of hydrogen-bond donors (Lipinski definition) is 2. The Balaban J connectivity index is 1.78. The van der Waals surface area contributed by atoms with E-state index in [9.17, 15) is 13.2 Å². The highest BCUT2D eigenvalue weighted by Gasteiger charge is 2.21. The van der Waals surface area contributed by atoms with Crippen molar-refractivity contribution >= 4 is 44.2 Å². The number of hydrogen-bond acceptors (Lipinski definition) is 7. The van der Waals surface area contributed by atoms with Gasteiger partial charge in [-0.1, -0.05) is 37.5 Å². The van der Waals surface area contributed by atoms with E-state index in [4.69, 9.17) is 0 Å². The lowest BCUT2D eigenvalue weighted by molar-refractivity contribution is -0.115.